The lowest BCUT2D eigenvalue weighted by Crippen LogP contribution is -2.09. The van der Waals surface area contributed by atoms with Crippen LogP contribution in [0.1, 0.15) is 25.7 Å². The first-order valence-corrected chi connectivity index (χ1v) is 6.61. The smallest absolute Gasteiger partial charge is 0.183 e. The van der Waals surface area contributed by atoms with Crippen molar-refractivity contribution in [3.63, 3.8) is 0 Å². The molecule has 0 saturated carbocycles. The van der Waals surface area contributed by atoms with Crippen molar-refractivity contribution in [3.8, 4) is 11.5 Å². The second-order valence-electron chi connectivity index (χ2n) is 3.48. The summed E-state index contributed by atoms with van der Waals surface area (Å²) in [5.41, 5.74) is 0.892. The van der Waals surface area contributed by atoms with Crippen LogP contribution in [0.5, 0.6) is 11.5 Å². The molecule has 0 bridgehead atoms. The lowest BCUT2D eigenvalue weighted by molar-refractivity contribution is -0.140. The third kappa shape index (κ3) is 3.60. The van der Waals surface area contributed by atoms with E-state index in [1.165, 1.54) is 0 Å². The third-order valence-electron chi connectivity index (χ3n) is 2.36. The Kier molecular flexibility index (Phi) is 6.46. The lowest BCUT2D eigenvalue weighted by Gasteiger charge is -2.19. The Morgan fingerprint density at radius 1 is 1.06 bits per heavy atom. The van der Waals surface area contributed by atoms with Gasteiger partial charge in [0, 0.05) is 18.8 Å². The largest absolute Gasteiger partial charge is 0.493 e. The summed E-state index contributed by atoms with van der Waals surface area (Å²) in [7, 11) is 3.20. The predicted octanol–water partition coefficient (Wildman–Crippen LogP) is 3.54. The number of rotatable bonds is 7. The maximum atomic E-state index is 5.56. The molecular weight excluding hydrogens is 300 g/mol. The van der Waals surface area contributed by atoms with Crippen molar-refractivity contribution in [2.24, 2.45) is 0 Å². The Morgan fingerprint density at radius 2 is 1.67 bits per heavy atom. The van der Waals surface area contributed by atoms with Crippen molar-refractivity contribution >= 4 is 15.9 Å². The van der Waals surface area contributed by atoms with Gasteiger partial charge in [0.05, 0.1) is 18.7 Å². The molecule has 0 aromatic heterocycles. The van der Waals surface area contributed by atoms with Crippen LogP contribution in [0.3, 0.4) is 0 Å². The molecule has 0 saturated heterocycles. The van der Waals surface area contributed by atoms with Gasteiger partial charge in [0.25, 0.3) is 0 Å². The second-order valence-corrected chi connectivity index (χ2v) is 4.34. The average Bonchev–Trinajstić information content (AvgIpc) is 2.37. The van der Waals surface area contributed by atoms with Crippen LogP contribution in [0.15, 0.2) is 16.6 Å². The van der Waals surface area contributed by atoms with Crippen molar-refractivity contribution in [2.75, 3.05) is 27.4 Å². The van der Waals surface area contributed by atoms with E-state index in [1.54, 1.807) is 14.2 Å². The monoisotopic (exact) mass is 318 g/mol. The number of ether oxygens (including phenoxy) is 4. The summed E-state index contributed by atoms with van der Waals surface area (Å²) in [5, 5.41) is 0. The van der Waals surface area contributed by atoms with E-state index < -0.39 is 6.29 Å². The van der Waals surface area contributed by atoms with Gasteiger partial charge in [0.15, 0.2) is 17.8 Å². The fraction of sp³-hybridized carbons (Fsp3) is 0.538. The molecule has 0 unspecified atom stereocenters. The highest BCUT2D eigenvalue weighted by molar-refractivity contribution is 9.10. The molecule has 4 nitrogen and oxygen atoms in total. The van der Waals surface area contributed by atoms with Crippen molar-refractivity contribution in [1.29, 1.82) is 0 Å². The predicted molar refractivity (Wildman–Crippen MR) is 73.2 cm³/mol. The summed E-state index contributed by atoms with van der Waals surface area (Å²) >= 11 is 3.45. The molecule has 0 radical (unpaired) electrons. The SMILES string of the molecule is CCOC(OCC)c1cc(Br)c(OC)c(OC)c1. The molecule has 5 heteroatoms. The first kappa shape index (κ1) is 15.3. The zero-order valence-corrected chi connectivity index (χ0v) is 12.7. The molecule has 1 rings (SSSR count). The molecule has 1 aromatic carbocycles. The second kappa shape index (κ2) is 7.61. The molecule has 0 fully saturated rings. The Morgan fingerprint density at radius 3 is 2.11 bits per heavy atom. The molecule has 0 heterocycles. The fourth-order valence-electron chi connectivity index (χ4n) is 1.62. The molecule has 0 aliphatic heterocycles. The molecule has 0 atom stereocenters. The molecule has 1 aromatic rings. The van der Waals surface area contributed by atoms with E-state index in [1.807, 2.05) is 26.0 Å². The van der Waals surface area contributed by atoms with Crippen molar-refractivity contribution in [2.45, 2.75) is 20.1 Å². The van der Waals surface area contributed by atoms with Gasteiger partial charge in [-0.05, 0) is 41.9 Å². The van der Waals surface area contributed by atoms with Gasteiger partial charge < -0.3 is 18.9 Å². The first-order chi connectivity index (χ1) is 8.67. The number of methoxy groups -OCH3 is 2. The lowest BCUT2D eigenvalue weighted by atomic mass is 10.2. The van der Waals surface area contributed by atoms with Gasteiger partial charge in [-0.2, -0.15) is 0 Å². The van der Waals surface area contributed by atoms with E-state index in [-0.39, 0.29) is 0 Å². The van der Waals surface area contributed by atoms with E-state index in [0.717, 1.165) is 10.0 Å². The molecular formula is C13H19BrO4. The van der Waals surface area contributed by atoms with Crippen LogP contribution in [0.25, 0.3) is 0 Å². The highest BCUT2D eigenvalue weighted by Gasteiger charge is 2.17. The normalized spacial score (nSPS) is 10.8. The summed E-state index contributed by atoms with van der Waals surface area (Å²) in [6, 6.07) is 3.77. The van der Waals surface area contributed by atoms with Gasteiger partial charge in [-0.3, -0.25) is 0 Å². The van der Waals surface area contributed by atoms with E-state index >= 15 is 0 Å². The molecule has 0 amide bonds. The molecule has 0 spiro atoms. The van der Waals surface area contributed by atoms with Crippen LogP contribution in [0.4, 0.5) is 0 Å². The van der Waals surface area contributed by atoms with Crippen molar-refractivity contribution in [1.82, 2.24) is 0 Å². The van der Waals surface area contributed by atoms with Gasteiger partial charge in [-0.1, -0.05) is 0 Å². The average molecular weight is 319 g/mol. The highest BCUT2D eigenvalue weighted by atomic mass is 79.9. The number of benzene rings is 1. The Bertz CT molecular complexity index is 375. The standard InChI is InChI=1S/C13H19BrO4/c1-5-17-13(18-6-2)9-7-10(14)12(16-4)11(8-9)15-3/h7-8,13H,5-6H2,1-4H3. The van der Waals surface area contributed by atoms with Crippen LogP contribution in [-0.4, -0.2) is 27.4 Å². The quantitative estimate of drug-likeness (QED) is 0.721. The molecule has 0 N–H and O–H groups in total. The Balaban J connectivity index is 3.11. The van der Waals surface area contributed by atoms with Crippen LogP contribution in [0.2, 0.25) is 0 Å². The fourth-order valence-corrected chi connectivity index (χ4v) is 2.24. The highest BCUT2D eigenvalue weighted by Crippen LogP contribution is 2.38. The topological polar surface area (TPSA) is 36.9 Å². The van der Waals surface area contributed by atoms with Gasteiger partial charge in [-0.15, -0.1) is 0 Å². The van der Waals surface area contributed by atoms with Gasteiger partial charge in [0.2, 0.25) is 0 Å². The third-order valence-corrected chi connectivity index (χ3v) is 2.95. The molecule has 102 valence electrons. The van der Waals surface area contributed by atoms with Gasteiger partial charge >= 0.3 is 0 Å². The van der Waals surface area contributed by atoms with Crippen molar-refractivity contribution in [3.05, 3.63) is 22.2 Å². The number of hydrogen-bond acceptors (Lipinski definition) is 4. The summed E-state index contributed by atoms with van der Waals surface area (Å²) in [4.78, 5) is 0. The van der Waals surface area contributed by atoms with E-state index in [2.05, 4.69) is 15.9 Å². The summed E-state index contributed by atoms with van der Waals surface area (Å²) in [6.45, 7) is 5.02. The minimum absolute atomic E-state index is 0.392. The van der Waals surface area contributed by atoms with Crippen molar-refractivity contribution < 1.29 is 18.9 Å². The summed E-state index contributed by atoms with van der Waals surface area (Å²) in [6.07, 6.45) is -0.392. The maximum Gasteiger partial charge on any atom is 0.183 e. The van der Waals surface area contributed by atoms with Crippen LogP contribution in [0, 0.1) is 0 Å². The minimum atomic E-state index is -0.392. The van der Waals surface area contributed by atoms with E-state index in [9.17, 15) is 0 Å². The Labute approximate surface area is 116 Å². The summed E-state index contributed by atoms with van der Waals surface area (Å²) in [5.74, 6) is 1.30. The van der Waals surface area contributed by atoms with Crippen LogP contribution < -0.4 is 9.47 Å². The minimum Gasteiger partial charge on any atom is -0.493 e. The maximum absolute atomic E-state index is 5.56. The summed E-state index contributed by atoms with van der Waals surface area (Å²) < 4.78 is 22.5. The molecule has 0 aliphatic carbocycles. The first-order valence-electron chi connectivity index (χ1n) is 5.82. The molecule has 18 heavy (non-hydrogen) atoms. The van der Waals surface area contributed by atoms with E-state index in [4.69, 9.17) is 18.9 Å². The number of hydrogen-bond donors (Lipinski definition) is 0. The van der Waals surface area contributed by atoms with Crippen LogP contribution >= 0.6 is 15.9 Å². The van der Waals surface area contributed by atoms with Gasteiger partial charge in [-0.25, -0.2) is 0 Å². The Hall–Kier alpha value is -0.780. The zero-order valence-electron chi connectivity index (χ0n) is 11.2. The zero-order chi connectivity index (χ0) is 13.5. The van der Waals surface area contributed by atoms with E-state index in [0.29, 0.717) is 24.7 Å². The molecule has 0 aliphatic rings. The number of halogens is 1. The van der Waals surface area contributed by atoms with Gasteiger partial charge in [0.1, 0.15) is 0 Å². The van der Waals surface area contributed by atoms with Crippen LogP contribution in [-0.2, 0) is 9.47 Å².